The summed E-state index contributed by atoms with van der Waals surface area (Å²) in [7, 11) is 0. The molecule has 3 aromatic rings. The third-order valence-corrected chi connectivity index (χ3v) is 7.28. The van der Waals surface area contributed by atoms with Gasteiger partial charge in [-0.2, -0.15) is 0 Å². The van der Waals surface area contributed by atoms with E-state index in [0.29, 0.717) is 0 Å². The minimum Gasteiger partial charge on any atom is -0.448 e. The second kappa shape index (κ2) is 9.95. The molecule has 178 valence electrons. The maximum atomic E-state index is 13.0. The molecular formula is C30H31N3O2. The Morgan fingerprint density at radius 3 is 2.31 bits per heavy atom. The van der Waals surface area contributed by atoms with Gasteiger partial charge in [0.1, 0.15) is 6.61 Å². The van der Waals surface area contributed by atoms with Crippen molar-refractivity contribution >= 4 is 11.8 Å². The third kappa shape index (κ3) is 4.55. The molecule has 3 aromatic carbocycles. The van der Waals surface area contributed by atoms with Crippen molar-refractivity contribution in [2.45, 2.75) is 26.3 Å². The lowest BCUT2D eigenvalue weighted by Gasteiger charge is -2.28. The number of rotatable bonds is 5. The van der Waals surface area contributed by atoms with Gasteiger partial charge in [-0.25, -0.2) is 4.79 Å². The molecule has 0 unspecified atom stereocenters. The molecule has 1 amide bonds. The molecule has 5 rings (SSSR count). The van der Waals surface area contributed by atoms with Gasteiger partial charge < -0.3 is 10.1 Å². The molecule has 1 heterocycles. The van der Waals surface area contributed by atoms with E-state index in [9.17, 15) is 4.79 Å². The van der Waals surface area contributed by atoms with Crippen molar-refractivity contribution < 1.29 is 9.53 Å². The lowest BCUT2D eigenvalue weighted by atomic mass is 9.96. The molecule has 1 aliphatic carbocycles. The summed E-state index contributed by atoms with van der Waals surface area (Å²) >= 11 is 0. The van der Waals surface area contributed by atoms with Crippen LogP contribution >= 0.6 is 0 Å². The van der Waals surface area contributed by atoms with E-state index in [0.717, 1.165) is 60.7 Å². The normalized spacial score (nSPS) is 15.2. The number of hydrogen-bond acceptors (Lipinski definition) is 4. The molecular weight excluding hydrogens is 434 g/mol. The van der Waals surface area contributed by atoms with Crippen molar-refractivity contribution in [1.29, 1.82) is 0 Å². The number of piperazine rings is 1. The Morgan fingerprint density at radius 2 is 1.69 bits per heavy atom. The van der Waals surface area contributed by atoms with E-state index in [1.165, 1.54) is 22.3 Å². The number of carbonyl (C=O) groups is 1. The van der Waals surface area contributed by atoms with Gasteiger partial charge >= 0.3 is 6.09 Å². The number of ether oxygens (including phenoxy) is 1. The highest BCUT2D eigenvalue weighted by Crippen LogP contribution is 2.44. The number of anilines is 1. The molecule has 0 bridgehead atoms. The molecule has 2 N–H and O–H groups in total. The molecule has 35 heavy (non-hydrogen) atoms. The third-order valence-electron chi connectivity index (χ3n) is 7.28. The molecule has 1 aliphatic heterocycles. The van der Waals surface area contributed by atoms with Crippen LogP contribution in [0.2, 0.25) is 0 Å². The second-order valence-electron chi connectivity index (χ2n) is 9.33. The fraction of sp³-hybridized carbons (Fsp3) is 0.300. The number of amides is 1. The van der Waals surface area contributed by atoms with E-state index < -0.39 is 6.09 Å². The van der Waals surface area contributed by atoms with E-state index in [4.69, 9.17) is 11.2 Å². The van der Waals surface area contributed by atoms with Crippen LogP contribution in [-0.4, -0.2) is 43.8 Å². The Bertz CT molecular complexity index is 1260. The maximum absolute atomic E-state index is 13.0. The number of nitrogens with zero attached hydrogens (tertiary/aromatic N) is 1. The smallest absolute Gasteiger partial charge is 0.411 e. The minimum atomic E-state index is -0.458. The van der Waals surface area contributed by atoms with Crippen LogP contribution in [0.1, 0.15) is 39.3 Å². The van der Waals surface area contributed by atoms with Crippen molar-refractivity contribution in [3.63, 3.8) is 0 Å². The van der Waals surface area contributed by atoms with Gasteiger partial charge in [-0.05, 0) is 58.9 Å². The van der Waals surface area contributed by atoms with Gasteiger partial charge in [0.25, 0.3) is 0 Å². The van der Waals surface area contributed by atoms with Crippen LogP contribution in [0.5, 0.6) is 0 Å². The average molecular weight is 466 g/mol. The van der Waals surface area contributed by atoms with Crippen molar-refractivity contribution in [2.24, 2.45) is 0 Å². The topological polar surface area (TPSA) is 53.6 Å². The van der Waals surface area contributed by atoms with Gasteiger partial charge in [0.2, 0.25) is 0 Å². The zero-order valence-corrected chi connectivity index (χ0v) is 20.4. The molecule has 1 fully saturated rings. The van der Waals surface area contributed by atoms with Crippen LogP contribution in [-0.2, 0) is 11.3 Å². The first kappa shape index (κ1) is 23.2. The number of benzene rings is 3. The zero-order chi connectivity index (χ0) is 24.4. The second-order valence-corrected chi connectivity index (χ2v) is 9.33. The summed E-state index contributed by atoms with van der Waals surface area (Å²) < 4.78 is 5.80. The first-order chi connectivity index (χ1) is 17.1. The van der Waals surface area contributed by atoms with Crippen LogP contribution in [0, 0.1) is 26.2 Å². The number of fused-ring (bicyclic) bond motifs is 3. The van der Waals surface area contributed by atoms with Crippen LogP contribution in [0.4, 0.5) is 10.5 Å². The van der Waals surface area contributed by atoms with E-state index in [1.54, 1.807) is 0 Å². The molecule has 2 aliphatic rings. The van der Waals surface area contributed by atoms with E-state index in [1.807, 2.05) is 38.1 Å². The van der Waals surface area contributed by atoms with Crippen LogP contribution in [0.15, 0.2) is 54.6 Å². The lowest BCUT2D eigenvalue weighted by molar-refractivity contribution is 0.158. The van der Waals surface area contributed by atoms with Crippen molar-refractivity contribution in [3.8, 4) is 23.5 Å². The first-order valence-corrected chi connectivity index (χ1v) is 12.2. The maximum Gasteiger partial charge on any atom is 0.411 e. The van der Waals surface area contributed by atoms with Crippen molar-refractivity contribution in [3.05, 3.63) is 88.0 Å². The minimum absolute atomic E-state index is 0.0238. The summed E-state index contributed by atoms with van der Waals surface area (Å²) in [5.41, 5.74) is 9.43. The van der Waals surface area contributed by atoms with Crippen LogP contribution in [0.25, 0.3) is 11.1 Å². The van der Waals surface area contributed by atoms with E-state index >= 15 is 0 Å². The van der Waals surface area contributed by atoms with Crippen molar-refractivity contribution in [1.82, 2.24) is 10.2 Å². The summed E-state index contributed by atoms with van der Waals surface area (Å²) in [6.07, 6.45) is 5.36. The monoisotopic (exact) mass is 465 g/mol. The Kier molecular flexibility index (Phi) is 6.59. The predicted octanol–water partition coefficient (Wildman–Crippen LogP) is 5.05. The molecule has 0 saturated carbocycles. The van der Waals surface area contributed by atoms with Gasteiger partial charge in [-0.15, -0.1) is 6.42 Å². The summed E-state index contributed by atoms with van der Waals surface area (Å²) in [5.74, 6) is 2.81. The highest BCUT2D eigenvalue weighted by molar-refractivity contribution is 5.88. The standard InChI is InChI=1S/C30H31N3O2/c1-4-22-17-23(18-33-15-13-31-14-16-33)21(3)29(20(22)2)32-30(34)35-19-28-26-11-7-5-9-24(26)25-10-6-8-12-27(25)28/h1,5-12,17,28,31H,13-16,18-19H2,2-3H3,(H,32,34). The SMILES string of the molecule is C#Cc1cc(CN2CCNCC2)c(C)c(NC(=O)OCC2c3ccccc3-c3ccccc32)c1C. The molecule has 0 spiro atoms. The van der Waals surface area contributed by atoms with Crippen LogP contribution < -0.4 is 10.6 Å². The Morgan fingerprint density at radius 1 is 1.06 bits per heavy atom. The zero-order valence-electron chi connectivity index (χ0n) is 20.4. The fourth-order valence-electron chi connectivity index (χ4n) is 5.32. The lowest BCUT2D eigenvalue weighted by Crippen LogP contribution is -2.43. The van der Waals surface area contributed by atoms with Crippen molar-refractivity contribution in [2.75, 3.05) is 38.1 Å². The summed E-state index contributed by atoms with van der Waals surface area (Å²) in [5, 5.41) is 6.40. The highest BCUT2D eigenvalue weighted by atomic mass is 16.5. The first-order valence-electron chi connectivity index (χ1n) is 12.2. The molecule has 0 aromatic heterocycles. The fourth-order valence-corrected chi connectivity index (χ4v) is 5.32. The van der Waals surface area contributed by atoms with E-state index in [-0.39, 0.29) is 12.5 Å². The van der Waals surface area contributed by atoms with Gasteiger partial charge in [-0.3, -0.25) is 10.2 Å². The van der Waals surface area contributed by atoms with Gasteiger partial charge in [0, 0.05) is 44.2 Å². The average Bonchev–Trinajstić information content (AvgIpc) is 3.21. The summed E-state index contributed by atoms with van der Waals surface area (Å²) in [6, 6.07) is 18.8. The molecule has 0 atom stereocenters. The largest absolute Gasteiger partial charge is 0.448 e. The Hall–Kier alpha value is -3.59. The molecule has 5 nitrogen and oxygen atoms in total. The molecule has 5 heteroatoms. The Labute approximate surface area is 207 Å². The summed E-state index contributed by atoms with van der Waals surface area (Å²) in [6.45, 7) is 9.04. The number of carbonyl (C=O) groups excluding carboxylic acids is 1. The highest BCUT2D eigenvalue weighted by Gasteiger charge is 2.29. The van der Waals surface area contributed by atoms with E-state index in [2.05, 4.69) is 51.8 Å². The summed E-state index contributed by atoms with van der Waals surface area (Å²) in [4.78, 5) is 15.4. The van der Waals surface area contributed by atoms with Crippen LogP contribution in [0.3, 0.4) is 0 Å². The molecule has 1 saturated heterocycles. The van der Waals surface area contributed by atoms with Gasteiger partial charge in [0.05, 0.1) is 5.69 Å². The predicted molar refractivity (Wildman–Crippen MR) is 141 cm³/mol. The van der Waals surface area contributed by atoms with Gasteiger partial charge in [0.15, 0.2) is 0 Å². The molecule has 0 radical (unpaired) electrons. The number of nitrogens with one attached hydrogen (secondary N) is 2. The Balaban J connectivity index is 1.34. The number of hydrogen-bond donors (Lipinski definition) is 2. The number of terminal acetylenes is 1. The quantitative estimate of drug-likeness (QED) is 0.518. The van der Waals surface area contributed by atoms with Gasteiger partial charge in [-0.1, -0.05) is 54.5 Å².